The van der Waals surface area contributed by atoms with Gasteiger partial charge in [-0.2, -0.15) is 0 Å². The van der Waals surface area contributed by atoms with Gasteiger partial charge in [-0.3, -0.25) is 0 Å². The van der Waals surface area contributed by atoms with Gasteiger partial charge < -0.3 is 9.66 Å². The van der Waals surface area contributed by atoms with Crippen molar-refractivity contribution >= 4 is 10.1 Å². The molecule has 0 aliphatic heterocycles. The van der Waals surface area contributed by atoms with Gasteiger partial charge in [0.25, 0.3) is 0 Å². The number of unbranched alkanes of at least 4 members (excludes halogenated alkanes) is 5. The molecule has 0 amide bonds. The quantitative estimate of drug-likeness (QED) is 0.316. The van der Waals surface area contributed by atoms with E-state index in [2.05, 4.69) is 6.92 Å². The Balaban J connectivity index is 0. The van der Waals surface area contributed by atoms with Crippen LogP contribution in [0.15, 0.2) is 0 Å². The van der Waals surface area contributed by atoms with E-state index in [0.29, 0.717) is 6.42 Å². The van der Waals surface area contributed by atoms with Crippen molar-refractivity contribution in [2.45, 2.75) is 57.1 Å². The van der Waals surface area contributed by atoms with Crippen molar-refractivity contribution < 1.29 is 47.6 Å². The summed E-state index contributed by atoms with van der Waals surface area (Å²) in [5.41, 5.74) is 0. The average molecular weight is 260 g/mol. The molecule has 0 heterocycles. The first-order valence-electron chi connectivity index (χ1n) is 5.58. The Morgan fingerprint density at radius 1 is 1.12 bits per heavy atom. The topological polar surface area (TPSA) is 77.4 Å². The van der Waals surface area contributed by atoms with Crippen LogP contribution >= 0.6 is 0 Å². The van der Waals surface area contributed by atoms with Crippen LogP contribution in [0.1, 0.15) is 51.9 Å². The van der Waals surface area contributed by atoms with Crippen LogP contribution in [-0.2, 0) is 10.1 Å². The molecule has 0 aliphatic rings. The molecule has 6 heteroatoms. The minimum absolute atomic E-state index is 0. The molecule has 92 valence electrons. The van der Waals surface area contributed by atoms with Crippen LogP contribution in [0.4, 0.5) is 0 Å². The fourth-order valence-corrected chi connectivity index (χ4v) is 2.12. The summed E-state index contributed by atoms with van der Waals surface area (Å²) in [4.78, 5) is 0. The summed E-state index contributed by atoms with van der Waals surface area (Å²) in [5.74, 6) is 0. The van der Waals surface area contributed by atoms with E-state index >= 15 is 0 Å². The molecular formula is C10H21NaO4S. The smallest absolute Gasteiger partial charge is 0.748 e. The van der Waals surface area contributed by atoms with Gasteiger partial charge >= 0.3 is 29.6 Å². The van der Waals surface area contributed by atoms with Crippen LogP contribution < -0.4 is 29.6 Å². The normalized spacial score (nSPS) is 13.2. The van der Waals surface area contributed by atoms with E-state index in [4.69, 9.17) is 5.11 Å². The van der Waals surface area contributed by atoms with Gasteiger partial charge in [0.05, 0.1) is 22.0 Å². The molecule has 1 atom stereocenters. The molecule has 0 saturated carbocycles. The zero-order valence-corrected chi connectivity index (χ0v) is 13.1. The average Bonchev–Trinajstić information content (AvgIpc) is 2.15. The van der Waals surface area contributed by atoms with Crippen LogP contribution in [0.5, 0.6) is 0 Å². The minimum atomic E-state index is -4.31. The van der Waals surface area contributed by atoms with Gasteiger partial charge in [-0.1, -0.05) is 45.4 Å². The van der Waals surface area contributed by atoms with Crippen molar-refractivity contribution in [2.75, 3.05) is 6.61 Å². The van der Waals surface area contributed by atoms with Crippen LogP contribution in [0.2, 0.25) is 0 Å². The van der Waals surface area contributed by atoms with Gasteiger partial charge in [0.15, 0.2) is 0 Å². The molecule has 1 unspecified atom stereocenters. The first-order valence-corrected chi connectivity index (χ1v) is 7.05. The van der Waals surface area contributed by atoms with Crippen molar-refractivity contribution in [1.82, 2.24) is 0 Å². The van der Waals surface area contributed by atoms with E-state index in [1.807, 2.05) is 0 Å². The van der Waals surface area contributed by atoms with Crippen molar-refractivity contribution in [3.8, 4) is 0 Å². The van der Waals surface area contributed by atoms with E-state index < -0.39 is 22.0 Å². The molecule has 1 N–H and O–H groups in total. The third kappa shape index (κ3) is 10.1. The van der Waals surface area contributed by atoms with Crippen LogP contribution in [-0.4, -0.2) is 29.9 Å². The van der Waals surface area contributed by atoms with Gasteiger partial charge in [0.1, 0.15) is 0 Å². The Bertz CT molecular complexity index is 241. The number of hydrogen-bond donors (Lipinski definition) is 1. The number of aliphatic hydroxyl groups is 1. The maximum absolute atomic E-state index is 10.6. The van der Waals surface area contributed by atoms with Gasteiger partial charge in [0, 0.05) is 0 Å². The van der Waals surface area contributed by atoms with E-state index in [9.17, 15) is 13.0 Å². The maximum Gasteiger partial charge on any atom is 1.00 e. The third-order valence-electron chi connectivity index (χ3n) is 2.49. The first kappa shape index (κ1) is 19.2. The standard InChI is InChI=1S/C10H22O4S.Na/c1-2-3-4-5-6-7-8-10(9-11)15(12,13)14;/h10-11H,2-9H2,1H3,(H,12,13,14);/q;+1/p-1. The second kappa shape index (κ2) is 11.0. The minimum Gasteiger partial charge on any atom is -0.748 e. The molecule has 0 spiro atoms. The summed E-state index contributed by atoms with van der Waals surface area (Å²) in [6.45, 7) is 1.58. The molecule has 0 radical (unpaired) electrons. The SMILES string of the molecule is CCCCCCCCC(CO)S(=O)(=O)[O-].[Na+]. The Hall–Kier alpha value is 0.870. The second-order valence-electron chi connectivity index (χ2n) is 3.85. The summed E-state index contributed by atoms with van der Waals surface area (Å²) < 4.78 is 31.8. The summed E-state index contributed by atoms with van der Waals surface area (Å²) in [7, 11) is -4.31. The monoisotopic (exact) mass is 260 g/mol. The van der Waals surface area contributed by atoms with Gasteiger partial charge in [0.2, 0.25) is 0 Å². The van der Waals surface area contributed by atoms with Gasteiger partial charge in [-0.25, -0.2) is 8.42 Å². The third-order valence-corrected chi connectivity index (χ3v) is 3.69. The molecule has 4 nitrogen and oxygen atoms in total. The van der Waals surface area contributed by atoms with Crippen LogP contribution in [0.25, 0.3) is 0 Å². The van der Waals surface area contributed by atoms with E-state index in [1.165, 1.54) is 12.8 Å². The van der Waals surface area contributed by atoms with Crippen molar-refractivity contribution in [3.63, 3.8) is 0 Å². The van der Waals surface area contributed by atoms with Crippen molar-refractivity contribution in [2.24, 2.45) is 0 Å². The second-order valence-corrected chi connectivity index (χ2v) is 5.51. The Kier molecular flexibility index (Phi) is 13.2. The van der Waals surface area contributed by atoms with Crippen molar-refractivity contribution in [3.05, 3.63) is 0 Å². The molecule has 0 fully saturated rings. The molecule has 0 bridgehead atoms. The zero-order chi connectivity index (χ0) is 11.7. The van der Waals surface area contributed by atoms with Gasteiger partial charge in [-0.05, 0) is 6.42 Å². The summed E-state index contributed by atoms with van der Waals surface area (Å²) >= 11 is 0. The number of aliphatic hydroxyl groups excluding tert-OH is 1. The molecule has 0 aromatic heterocycles. The van der Waals surface area contributed by atoms with Gasteiger partial charge in [-0.15, -0.1) is 0 Å². The molecule has 0 aromatic carbocycles. The zero-order valence-electron chi connectivity index (χ0n) is 10.3. The summed E-state index contributed by atoms with van der Waals surface area (Å²) in [6, 6.07) is 0. The summed E-state index contributed by atoms with van der Waals surface area (Å²) in [5, 5.41) is 7.62. The Labute approximate surface area is 121 Å². The van der Waals surface area contributed by atoms with Crippen LogP contribution in [0.3, 0.4) is 0 Å². The fourth-order valence-electron chi connectivity index (χ4n) is 1.48. The molecule has 0 aromatic rings. The largest absolute Gasteiger partial charge is 1.00 e. The molecule has 16 heavy (non-hydrogen) atoms. The summed E-state index contributed by atoms with van der Waals surface area (Å²) in [6.07, 6.45) is 6.53. The van der Waals surface area contributed by atoms with Crippen molar-refractivity contribution in [1.29, 1.82) is 0 Å². The van der Waals surface area contributed by atoms with Crippen LogP contribution in [0, 0.1) is 0 Å². The Morgan fingerprint density at radius 2 is 1.62 bits per heavy atom. The van der Waals surface area contributed by atoms with E-state index in [1.54, 1.807) is 0 Å². The van der Waals surface area contributed by atoms with E-state index in [0.717, 1.165) is 19.3 Å². The maximum atomic E-state index is 10.6. The predicted molar refractivity (Wildman–Crippen MR) is 58.6 cm³/mol. The molecule has 0 aliphatic carbocycles. The predicted octanol–water partition coefficient (Wildman–Crippen LogP) is -1.35. The first-order chi connectivity index (χ1) is 7.02. The molecule has 0 saturated heterocycles. The molecule has 0 rings (SSSR count). The Morgan fingerprint density at radius 3 is 2.06 bits per heavy atom. The number of hydrogen-bond acceptors (Lipinski definition) is 4. The molecular weight excluding hydrogens is 239 g/mol. The number of rotatable bonds is 9. The van der Waals surface area contributed by atoms with E-state index in [-0.39, 0.29) is 36.0 Å². The fraction of sp³-hybridized carbons (Fsp3) is 1.00.